The number of imidazole rings is 1. The molecule has 8 nitrogen and oxygen atoms in total. The minimum absolute atomic E-state index is 0.0383. The van der Waals surface area contributed by atoms with Crippen LogP contribution < -0.4 is 4.74 Å². The summed E-state index contributed by atoms with van der Waals surface area (Å²) in [7, 11) is 0. The van der Waals surface area contributed by atoms with Crippen LogP contribution in [0.15, 0.2) is 66.7 Å². The van der Waals surface area contributed by atoms with E-state index in [1.165, 1.54) is 30.3 Å². The molecule has 5 aromatic rings. The highest BCUT2D eigenvalue weighted by molar-refractivity contribution is 5.92. The van der Waals surface area contributed by atoms with Crippen LogP contribution in [0.3, 0.4) is 0 Å². The fraction of sp³-hybridized carbons (Fsp3) is 0.212. The molecule has 1 aliphatic heterocycles. The SMILES string of the molecule is N#Cc1ccc(COc2cccc(-c3cc(F)c(Cc4nc5ccc(C(=O)O)cc5n4[C@@H]4CCCOC4)cc3F)n2)c(F)c1. The van der Waals surface area contributed by atoms with Crippen LogP contribution in [0, 0.1) is 28.8 Å². The van der Waals surface area contributed by atoms with Crippen LogP contribution in [0.25, 0.3) is 22.3 Å². The Balaban J connectivity index is 1.28. The van der Waals surface area contributed by atoms with Crippen molar-refractivity contribution in [3.8, 4) is 23.2 Å². The molecular formula is C33H25F3N4O4. The van der Waals surface area contributed by atoms with E-state index in [9.17, 15) is 14.3 Å². The molecule has 3 aromatic carbocycles. The van der Waals surface area contributed by atoms with Crippen molar-refractivity contribution in [1.29, 1.82) is 5.26 Å². The molecule has 0 unspecified atom stereocenters. The van der Waals surface area contributed by atoms with Gasteiger partial charge in [-0.1, -0.05) is 12.1 Å². The molecule has 3 heterocycles. The predicted octanol–water partition coefficient (Wildman–Crippen LogP) is 6.61. The lowest BCUT2D eigenvalue weighted by Gasteiger charge is -2.26. The van der Waals surface area contributed by atoms with Gasteiger partial charge in [0.2, 0.25) is 5.88 Å². The third kappa shape index (κ3) is 5.85. The number of nitriles is 1. The van der Waals surface area contributed by atoms with E-state index in [0.717, 1.165) is 31.0 Å². The maximum atomic E-state index is 15.5. The quantitative estimate of drug-likeness (QED) is 0.214. The number of carbonyl (C=O) groups is 1. The van der Waals surface area contributed by atoms with Gasteiger partial charge in [0.15, 0.2) is 0 Å². The summed E-state index contributed by atoms with van der Waals surface area (Å²) in [6.45, 7) is 0.838. The van der Waals surface area contributed by atoms with Crippen molar-refractivity contribution in [3.05, 3.63) is 112 Å². The summed E-state index contributed by atoms with van der Waals surface area (Å²) >= 11 is 0. The summed E-state index contributed by atoms with van der Waals surface area (Å²) in [5, 5.41) is 18.4. The molecule has 1 aliphatic rings. The van der Waals surface area contributed by atoms with Crippen LogP contribution in [0.2, 0.25) is 0 Å². The normalized spacial score (nSPS) is 14.8. The van der Waals surface area contributed by atoms with E-state index in [4.69, 9.17) is 14.7 Å². The average Bonchev–Trinajstić information content (AvgIpc) is 3.39. The zero-order chi connectivity index (χ0) is 30.8. The Labute approximate surface area is 249 Å². The number of aromatic nitrogens is 3. The molecular weight excluding hydrogens is 573 g/mol. The van der Waals surface area contributed by atoms with Gasteiger partial charge in [0.25, 0.3) is 0 Å². The van der Waals surface area contributed by atoms with Gasteiger partial charge >= 0.3 is 5.97 Å². The van der Waals surface area contributed by atoms with E-state index < -0.39 is 23.4 Å². The summed E-state index contributed by atoms with van der Waals surface area (Å²) in [5.74, 6) is -2.50. The number of benzene rings is 3. The van der Waals surface area contributed by atoms with Crippen molar-refractivity contribution in [2.75, 3.05) is 13.2 Å². The van der Waals surface area contributed by atoms with Crippen LogP contribution in [0.4, 0.5) is 13.2 Å². The van der Waals surface area contributed by atoms with Crippen molar-refractivity contribution in [2.24, 2.45) is 0 Å². The minimum Gasteiger partial charge on any atom is -0.478 e. The van der Waals surface area contributed by atoms with Crippen LogP contribution in [0.5, 0.6) is 5.88 Å². The van der Waals surface area contributed by atoms with E-state index in [0.29, 0.717) is 30.1 Å². The van der Waals surface area contributed by atoms with Crippen molar-refractivity contribution in [3.63, 3.8) is 0 Å². The number of nitrogens with zero attached hydrogens (tertiary/aromatic N) is 4. The monoisotopic (exact) mass is 598 g/mol. The highest BCUT2D eigenvalue weighted by atomic mass is 19.1. The maximum Gasteiger partial charge on any atom is 0.335 e. The fourth-order valence-corrected chi connectivity index (χ4v) is 5.36. The second-order valence-electron chi connectivity index (χ2n) is 10.4. The van der Waals surface area contributed by atoms with Crippen LogP contribution in [0.1, 0.15) is 51.8 Å². The Hall–Kier alpha value is -5.21. The Morgan fingerprint density at radius 3 is 2.61 bits per heavy atom. The van der Waals surface area contributed by atoms with Gasteiger partial charge in [0.05, 0.1) is 46.6 Å². The Morgan fingerprint density at radius 1 is 1.02 bits per heavy atom. The molecule has 222 valence electrons. The van der Waals surface area contributed by atoms with Crippen molar-refractivity contribution >= 4 is 17.0 Å². The number of ether oxygens (including phenoxy) is 2. The number of hydrogen-bond acceptors (Lipinski definition) is 6. The first-order chi connectivity index (χ1) is 21.3. The van der Waals surface area contributed by atoms with Gasteiger partial charge < -0.3 is 19.1 Å². The molecule has 0 radical (unpaired) electrons. The lowest BCUT2D eigenvalue weighted by molar-refractivity contribution is 0.0596. The van der Waals surface area contributed by atoms with Crippen molar-refractivity contribution < 1.29 is 32.5 Å². The lowest BCUT2D eigenvalue weighted by atomic mass is 10.0. The first-order valence-electron chi connectivity index (χ1n) is 13.9. The Bertz CT molecular complexity index is 1930. The lowest BCUT2D eigenvalue weighted by Crippen LogP contribution is -2.23. The third-order valence-electron chi connectivity index (χ3n) is 7.55. The summed E-state index contributed by atoms with van der Waals surface area (Å²) in [6, 6.07) is 17.1. The number of aromatic carboxylic acids is 1. The van der Waals surface area contributed by atoms with E-state index in [1.807, 2.05) is 10.6 Å². The summed E-state index contributed by atoms with van der Waals surface area (Å²) in [6.07, 6.45) is 1.54. The van der Waals surface area contributed by atoms with E-state index >= 15 is 8.78 Å². The van der Waals surface area contributed by atoms with Gasteiger partial charge in [-0.15, -0.1) is 0 Å². The van der Waals surface area contributed by atoms with Crippen molar-refractivity contribution in [1.82, 2.24) is 14.5 Å². The maximum absolute atomic E-state index is 15.5. The Kier molecular flexibility index (Phi) is 8.00. The van der Waals surface area contributed by atoms with Crippen LogP contribution in [-0.2, 0) is 17.8 Å². The number of fused-ring (bicyclic) bond motifs is 1. The number of carboxylic acid groups (broad SMARTS) is 1. The average molecular weight is 599 g/mol. The first-order valence-corrected chi connectivity index (χ1v) is 13.9. The Morgan fingerprint density at radius 2 is 1.86 bits per heavy atom. The molecule has 44 heavy (non-hydrogen) atoms. The fourth-order valence-electron chi connectivity index (χ4n) is 5.36. The standard InChI is InChI=1S/C33H25F3N4O4/c34-25-11-19(16-37)6-7-21(25)17-44-32-5-1-4-28(39-32)24-15-26(35)22(12-27(24)36)14-31-38-29-9-8-20(33(41)42)13-30(29)40(31)23-3-2-10-43-18-23/h1,4-9,11-13,15,23H,2-3,10,14,17-18H2,(H,41,42)/t23-/m1/s1. The molecule has 1 N–H and O–H groups in total. The molecule has 0 spiro atoms. The van der Waals surface area contributed by atoms with Gasteiger partial charge in [-0.25, -0.2) is 27.9 Å². The summed E-state index contributed by atoms with van der Waals surface area (Å²) in [5.41, 5.74) is 1.75. The van der Waals surface area contributed by atoms with Crippen molar-refractivity contribution in [2.45, 2.75) is 31.9 Å². The highest BCUT2D eigenvalue weighted by Gasteiger charge is 2.24. The molecule has 0 saturated carbocycles. The smallest absolute Gasteiger partial charge is 0.335 e. The van der Waals surface area contributed by atoms with Gasteiger partial charge in [-0.3, -0.25) is 0 Å². The molecule has 0 aliphatic carbocycles. The topological polar surface area (TPSA) is 110 Å². The number of pyridine rings is 1. The molecule has 1 atom stereocenters. The predicted molar refractivity (Wildman–Crippen MR) is 154 cm³/mol. The van der Waals surface area contributed by atoms with Gasteiger partial charge in [0, 0.05) is 30.2 Å². The second-order valence-corrected chi connectivity index (χ2v) is 10.4. The molecule has 2 aromatic heterocycles. The largest absolute Gasteiger partial charge is 0.478 e. The first kappa shape index (κ1) is 28.9. The van der Waals surface area contributed by atoms with Gasteiger partial charge in [-0.05, 0) is 66.9 Å². The van der Waals surface area contributed by atoms with E-state index in [2.05, 4.69) is 9.97 Å². The number of halogens is 3. The van der Waals surface area contributed by atoms with Gasteiger partial charge in [0.1, 0.15) is 29.9 Å². The molecule has 6 rings (SSSR count). The van der Waals surface area contributed by atoms with E-state index in [-0.39, 0.29) is 58.5 Å². The zero-order valence-electron chi connectivity index (χ0n) is 23.3. The van der Waals surface area contributed by atoms with E-state index in [1.54, 1.807) is 18.2 Å². The molecule has 1 saturated heterocycles. The third-order valence-corrected chi connectivity index (χ3v) is 7.55. The number of hydrogen-bond donors (Lipinski definition) is 1. The molecule has 0 amide bonds. The van der Waals surface area contributed by atoms with Crippen LogP contribution in [-0.4, -0.2) is 38.8 Å². The molecule has 1 fully saturated rings. The zero-order valence-corrected chi connectivity index (χ0v) is 23.3. The molecule has 0 bridgehead atoms. The number of rotatable bonds is 8. The second kappa shape index (κ2) is 12.2. The highest BCUT2D eigenvalue weighted by Crippen LogP contribution is 2.31. The van der Waals surface area contributed by atoms with Crippen LogP contribution >= 0.6 is 0 Å². The minimum atomic E-state index is -1.07. The summed E-state index contributed by atoms with van der Waals surface area (Å²) in [4.78, 5) is 20.6. The number of carboxylic acids is 1. The molecule has 11 heteroatoms. The summed E-state index contributed by atoms with van der Waals surface area (Å²) < 4.78 is 58.4. The van der Waals surface area contributed by atoms with Gasteiger partial charge in [-0.2, -0.15) is 5.26 Å².